The van der Waals surface area contributed by atoms with E-state index in [0.717, 1.165) is 5.56 Å². The normalized spacial score (nSPS) is 14.3. The highest BCUT2D eigenvalue weighted by molar-refractivity contribution is 5.89. The van der Waals surface area contributed by atoms with E-state index in [4.69, 9.17) is 0 Å². The lowest BCUT2D eigenvalue weighted by Gasteiger charge is -2.35. The number of hydrogen-bond acceptors (Lipinski definition) is 6. The molecule has 0 unspecified atom stereocenters. The lowest BCUT2D eigenvalue weighted by atomic mass is 10.0. The van der Waals surface area contributed by atoms with E-state index in [9.17, 15) is 24.8 Å². The van der Waals surface area contributed by atoms with Gasteiger partial charge in [0.15, 0.2) is 0 Å². The molecular formula is C18H18N4O5. The number of benzene rings is 1. The molecule has 27 heavy (non-hydrogen) atoms. The third-order valence-electron chi connectivity index (χ3n) is 4.62. The Bertz CT molecular complexity index is 897. The first-order valence-electron chi connectivity index (χ1n) is 8.32. The van der Waals surface area contributed by atoms with Crippen LogP contribution in [0.15, 0.2) is 36.5 Å². The van der Waals surface area contributed by atoms with Gasteiger partial charge in [-0.15, -0.1) is 0 Å². The smallest absolute Gasteiger partial charge is 0.335 e. The average Bonchev–Trinajstić information content (AvgIpc) is 2.64. The summed E-state index contributed by atoms with van der Waals surface area (Å²) in [6.07, 6.45) is 1.17. The van der Waals surface area contributed by atoms with Crippen molar-refractivity contribution in [2.24, 2.45) is 0 Å². The van der Waals surface area contributed by atoms with Crippen LogP contribution in [0, 0.1) is 17.0 Å². The van der Waals surface area contributed by atoms with Crippen LogP contribution >= 0.6 is 0 Å². The Balaban J connectivity index is 1.69. The van der Waals surface area contributed by atoms with E-state index in [0.29, 0.717) is 31.0 Å². The molecule has 0 aliphatic carbocycles. The number of carboxylic acid groups (broad SMARTS) is 1. The minimum absolute atomic E-state index is 0.0995. The summed E-state index contributed by atoms with van der Waals surface area (Å²) in [5.74, 6) is -0.589. The number of carboxylic acids is 1. The van der Waals surface area contributed by atoms with Crippen LogP contribution in [-0.4, -0.2) is 51.4 Å². The maximum atomic E-state index is 12.5. The first-order valence-corrected chi connectivity index (χ1v) is 8.32. The second-order valence-electron chi connectivity index (χ2n) is 6.26. The zero-order chi connectivity index (χ0) is 19.6. The largest absolute Gasteiger partial charge is 0.478 e. The Hall–Kier alpha value is -3.49. The molecule has 1 N–H and O–H groups in total. The number of amides is 1. The number of nitro groups is 1. The predicted molar refractivity (Wildman–Crippen MR) is 96.7 cm³/mol. The Morgan fingerprint density at radius 3 is 2.67 bits per heavy atom. The first kappa shape index (κ1) is 18.3. The van der Waals surface area contributed by atoms with E-state index in [2.05, 4.69) is 4.98 Å². The third-order valence-corrected chi connectivity index (χ3v) is 4.62. The fraction of sp³-hybridized carbons (Fsp3) is 0.278. The van der Waals surface area contributed by atoms with Gasteiger partial charge in [0.05, 0.1) is 17.0 Å². The lowest BCUT2D eigenvalue weighted by Crippen LogP contribution is -2.50. The minimum atomic E-state index is -0.991. The van der Waals surface area contributed by atoms with Crippen LogP contribution in [0.3, 0.4) is 0 Å². The predicted octanol–water partition coefficient (Wildman–Crippen LogP) is 1.85. The minimum Gasteiger partial charge on any atom is -0.478 e. The molecule has 1 amide bonds. The monoisotopic (exact) mass is 370 g/mol. The van der Waals surface area contributed by atoms with Crippen LogP contribution in [0.1, 0.15) is 21.5 Å². The van der Waals surface area contributed by atoms with Crippen LogP contribution in [-0.2, 0) is 11.3 Å². The highest BCUT2D eigenvalue weighted by Gasteiger charge is 2.26. The molecule has 1 aliphatic heterocycles. The Kier molecular flexibility index (Phi) is 5.02. The van der Waals surface area contributed by atoms with Crippen LogP contribution in [0.4, 0.5) is 11.5 Å². The highest BCUT2D eigenvalue weighted by Crippen LogP contribution is 2.20. The second-order valence-corrected chi connectivity index (χ2v) is 6.26. The van der Waals surface area contributed by atoms with Gasteiger partial charge < -0.3 is 14.9 Å². The number of piperazine rings is 1. The van der Waals surface area contributed by atoms with Gasteiger partial charge in [-0.2, -0.15) is 0 Å². The van der Waals surface area contributed by atoms with Crippen LogP contribution in [0.2, 0.25) is 0 Å². The quantitative estimate of drug-likeness (QED) is 0.630. The van der Waals surface area contributed by atoms with Gasteiger partial charge >= 0.3 is 5.97 Å². The molecule has 3 rings (SSSR count). The number of pyridine rings is 1. The molecule has 1 aliphatic rings. The van der Waals surface area contributed by atoms with Crippen molar-refractivity contribution in [2.45, 2.75) is 13.5 Å². The summed E-state index contributed by atoms with van der Waals surface area (Å²) in [5, 5.41) is 19.9. The molecule has 0 bridgehead atoms. The summed E-state index contributed by atoms with van der Waals surface area (Å²) in [4.78, 5) is 41.5. The molecule has 0 spiro atoms. The molecule has 0 atom stereocenters. The molecule has 1 fully saturated rings. The SMILES string of the molecule is Cc1c(CN2CCN(c3ccc([N+](=O)[O-])cn3)CC2=O)cccc1C(=O)O. The van der Waals surface area contributed by atoms with Gasteiger partial charge in [0.1, 0.15) is 12.0 Å². The van der Waals surface area contributed by atoms with Crippen molar-refractivity contribution in [3.05, 3.63) is 63.3 Å². The van der Waals surface area contributed by atoms with E-state index >= 15 is 0 Å². The first-order chi connectivity index (χ1) is 12.9. The zero-order valence-corrected chi connectivity index (χ0v) is 14.7. The van der Waals surface area contributed by atoms with Gasteiger partial charge in [0, 0.05) is 25.7 Å². The number of aromatic nitrogens is 1. The van der Waals surface area contributed by atoms with Crippen LogP contribution in [0.5, 0.6) is 0 Å². The molecule has 2 heterocycles. The number of nitrogens with zero attached hydrogens (tertiary/aromatic N) is 4. The summed E-state index contributed by atoms with van der Waals surface area (Å²) in [6, 6.07) is 7.93. The molecule has 1 aromatic heterocycles. The molecule has 1 aromatic carbocycles. The van der Waals surface area contributed by atoms with Crippen molar-refractivity contribution < 1.29 is 19.6 Å². The molecule has 140 valence electrons. The second kappa shape index (κ2) is 7.40. The molecule has 9 nitrogen and oxygen atoms in total. The van der Waals surface area contributed by atoms with Gasteiger partial charge in [-0.1, -0.05) is 12.1 Å². The number of aromatic carboxylic acids is 1. The molecule has 1 saturated heterocycles. The molecular weight excluding hydrogens is 352 g/mol. The van der Waals surface area contributed by atoms with E-state index < -0.39 is 10.9 Å². The van der Waals surface area contributed by atoms with Crippen molar-refractivity contribution in [2.75, 3.05) is 24.5 Å². The number of anilines is 1. The van der Waals surface area contributed by atoms with Crippen molar-refractivity contribution in [1.29, 1.82) is 0 Å². The van der Waals surface area contributed by atoms with Gasteiger partial charge in [-0.25, -0.2) is 9.78 Å². The van der Waals surface area contributed by atoms with E-state index in [1.807, 2.05) is 6.07 Å². The number of carbonyl (C=O) groups excluding carboxylic acids is 1. The van der Waals surface area contributed by atoms with E-state index in [-0.39, 0.29) is 23.7 Å². The Morgan fingerprint density at radius 2 is 2.07 bits per heavy atom. The summed E-state index contributed by atoms with van der Waals surface area (Å²) in [6.45, 7) is 3.18. The molecule has 9 heteroatoms. The Labute approximate surface area is 155 Å². The number of hydrogen-bond donors (Lipinski definition) is 1. The average molecular weight is 370 g/mol. The zero-order valence-electron chi connectivity index (χ0n) is 14.7. The Morgan fingerprint density at radius 1 is 1.30 bits per heavy atom. The van der Waals surface area contributed by atoms with E-state index in [1.54, 1.807) is 28.9 Å². The van der Waals surface area contributed by atoms with Gasteiger partial charge in [0.2, 0.25) is 5.91 Å². The molecule has 0 radical (unpaired) electrons. The summed E-state index contributed by atoms with van der Waals surface area (Å²) >= 11 is 0. The standard InChI is InChI=1S/C18H18N4O5/c1-12-13(3-2-4-15(12)18(24)25)10-21-8-7-20(11-17(21)23)16-6-5-14(9-19-16)22(26)27/h2-6,9H,7-8,10-11H2,1H3,(H,24,25). The molecule has 0 saturated carbocycles. The van der Waals surface area contributed by atoms with Crippen LogP contribution in [0.25, 0.3) is 0 Å². The maximum absolute atomic E-state index is 12.5. The van der Waals surface area contributed by atoms with Crippen molar-refractivity contribution in [3.63, 3.8) is 0 Å². The van der Waals surface area contributed by atoms with Gasteiger partial charge in [0.25, 0.3) is 5.69 Å². The van der Waals surface area contributed by atoms with Crippen molar-refractivity contribution in [3.8, 4) is 0 Å². The summed E-state index contributed by atoms with van der Waals surface area (Å²) < 4.78 is 0. The maximum Gasteiger partial charge on any atom is 0.335 e. The topological polar surface area (TPSA) is 117 Å². The van der Waals surface area contributed by atoms with Gasteiger partial charge in [-0.3, -0.25) is 14.9 Å². The van der Waals surface area contributed by atoms with Crippen molar-refractivity contribution >= 4 is 23.4 Å². The number of carbonyl (C=O) groups is 2. The van der Waals surface area contributed by atoms with E-state index in [1.165, 1.54) is 18.3 Å². The number of rotatable bonds is 5. The van der Waals surface area contributed by atoms with Gasteiger partial charge in [-0.05, 0) is 30.2 Å². The lowest BCUT2D eigenvalue weighted by molar-refractivity contribution is -0.385. The third kappa shape index (κ3) is 3.86. The summed E-state index contributed by atoms with van der Waals surface area (Å²) in [5.41, 5.74) is 1.58. The highest BCUT2D eigenvalue weighted by atomic mass is 16.6. The fourth-order valence-electron chi connectivity index (χ4n) is 3.04. The fourth-order valence-corrected chi connectivity index (χ4v) is 3.04. The van der Waals surface area contributed by atoms with Crippen molar-refractivity contribution in [1.82, 2.24) is 9.88 Å². The van der Waals surface area contributed by atoms with Crippen LogP contribution < -0.4 is 4.90 Å². The molecule has 2 aromatic rings. The summed E-state index contributed by atoms with van der Waals surface area (Å²) in [7, 11) is 0.